The molecule has 0 aliphatic carbocycles. The van der Waals surface area contributed by atoms with Gasteiger partial charge < -0.3 is 16.4 Å². The van der Waals surface area contributed by atoms with Crippen molar-refractivity contribution in [2.24, 2.45) is 5.73 Å². The van der Waals surface area contributed by atoms with E-state index in [0.717, 1.165) is 6.54 Å². The fourth-order valence-electron chi connectivity index (χ4n) is 2.86. The number of primary amides is 1. The average Bonchev–Trinajstić information content (AvgIpc) is 2.46. The van der Waals surface area contributed by atoms with Gasteiger partial charge in [-0.3, -0.25) is 0 Å². The smallest absolute Gasteiger partial charge is 0.316 e. The standard InChI is InChI=1S/C19H25N3O/c1-12-9-13(2)18(14(3)10-12)11-21-15(4)16-5-7-17(8-6-16)22-19(20)23/h5-10,15,21H,11H2,1-4H3,(H3,20,22,23). The highest BCUT2D eigenvalue weighted by Gasteiger charge is 2.08. The Morgan fingerprint density at radius 2 is 1.65 bits per heavy atom. The lowest BCUT2D eigenvalue weighted by molar-refractivity contribution is 0.259. The third-order valence-corrected chi connectivity index (χ3v) is 4.10. The molecule has 4 N–H and O–H groups in total. The van der Waals surface area contributed by atoms with Gasteiger partial charge in [-0.15, -0.1) is 0 Å². The van der Waals surface area contributed by atoms with Crippen molar-refractivity contribution in [2.45, 2.75) is 40.3 Å². The lowest BCUT2D eigenvalue weighted by atomic mass is 9.99. The van der Waals surface area contributed by atoms with Gasteiger partial charge in [0, 0.05) is 18.3 Å². The van der Waals surface area contributed by atoms with Crippen LogP contribution in [0.2, 0.25) is 0 Å². The van der Waals surface area contributed by atoms with Gasteiger partial charge in [-0.05, 0) is 62.1 Å². The monoisotopic (exact) mass is 311 g/mol. The minimum atomic E-state index is -0.547. The topological polar surface area (TPSA) is 67.2 Å². The van der Waals surface area contributed by atoms with Gasteiger partial charge in [0.1, 0.15) is 0 Å². The van der Waals surface area contributed by atoms with Crippen LogP contribution in [0, 0.1) is 20.8 Å². The van der Waals surface area contributed by atoms with Crippen molar-refractivity contribution in [3.8, 4) is 0 Å². The van der Waals surface area contributed by atoms with Crippen LogP contribution < -0.4 is 16.4 Å². The van der Waals surface area contributed by atoms with Crippen LogP contribution in [0.5, 0.6) is 0 Å². The van der Waals surface area contributed by atoms with Gasteiger partial charge in [0.2, 0.25) is 0 Å². The maximum Gasteiger partial charge on any atom is 0.316 e. The zero-order chi connectivity index (χ0) is 17.0. The van der Waals surface area contributed by atoms with Crippen LogP contribution in [0.1, 0.15) is 40.8 Å². The van der Waals surface area contributed by atoms with Gasteiger partial charge in [0.25, 0.3) is 0 Å². The molecule has 0 saturated heterocycles. The molecule has 4 heteroatoms. The molecule has 2 aromatic carbocycles. The summed E-state index contributed by atoms with van der Waals surface area (Å²) in [5, 5.41) is 6.13. The number of hydrogen-bond acceptors (Lipinski definition) is 2. The highest BCUT2D eigenvalue weighted by Crippen LogP contribution is 2.19. The van der Waals surface area contributed by atoms with Crippen LogP contribution >= 0.6 is 0 Å². The maximum atomic E-state index is 10.8. The van der Waals surface area contributed by atoms with Gasteiger partial charge in [-0.25, -0.2) is 4.79 Å². The van der Waals surface area contributed by atoms with Crippen LogP contribution in [0.25, 0.3) is 0 Å². The second-order valence-electron chi connectivity index (χ2n) is 6.09. The van der Waals surface area contributed by atoms with Crippen molar-refractivity contribution in [1.29, 1.82) is 0 Å². The van der Waals surface area contributed by atoms with E-state index in [1.165, 1.54) is 27.8 Å². The van der Waals surface area contributed by atoms with Crippen molar-refractivity contribution < 1.29 is 4.79 Å². The molecule has 2 aromatic rings. The molecule has 2 rings (SSSR count). The second-order valence-corrected chi connectivity index (χ2v) is 6.09. The quantitative estimate of drug-likeness (QED) is 0.782. The summed E-state index contributed by atoms with van der Waals surface area (Å²) in [4.78, 5) is 10.8. The molecular weight excluding hydrogens is 286 g/mol. The first-order valence-electron chi connectivity index (χ1n) is 7.83. The largest absolute Gasteiger partial charge is 0.351 e. The Balaban J connectivity index is 2.02. The SMILES string of the molecule is Cc1cc(C)c(CNC(C)c2ccc(NC(N)=O)cc2)c(C)c1. The molecule has 1 unspecified atom stereocenters. The van der Waals surface area contributed by atoms with E-state index in [1.54, 1.807) is 0 Å². The molecule has 122 valence electrons. The summed E-state index contributed by atoms with van der Waals surface area (Å²) in [5.74, 6) is 0. The number of nitrogens with two attached hydrogens (primary N) is 1. The third-order valence-electron chi connectivity index (χ3n) is 4.10. The van der Waals surface area contributed by atoms with E-state index in [0.29, 0.717) is 5.69 Å². The summed E-state index contributed by atoms with van der Waals surface area (Å²) >= 11 is 0. The van der Waals surface area contributed by atoms with Crippen molar-refractivity contribution >= 4 is 11.7 Å². The van der Waals surface area contributed by atoms with Crippen molar-refractivity contribution in [3.05, 3.63) is 64.2 Å². The molecule has 4 nitrogen and oxygen atoms in total. The summed E-state index contributed by atoms with van der Waals surface area (Å²) in [6.45, 7) is 9.41. The van der Waals surface area contributed by atoms with E-state index in [4.69, 9.17) is 5.73 Å². The Labute approximate surface area is 138 Å². The predicted molar refractivity (Wildman–Crippen MR) is 95.6 cm³/mol. The van der Waals surface area contributed by atoms with Crippen LogP contribution in [-0.2, 0) is 6.54 Å². The van der Waals surface area contributed by atoms with Gasteiger partial charge in [0.05, 0.1) is 0 Å². The first-order valence-corrected chi connectivity index (χ1v) is 7.83. The Bertz CT molecular complexity index is 669. The molecule has 0 aliphatic rings. The lowest BCUT2D eigenvalue weighted by Gasteiger charge is -2.18. The Morgan fingerprint density at radius 1 is 1.09 bits per heavy atom. The minimum absolute atomic E-state index is 0.220. The fraction of sp³-hybridized carbons (Fsp3) is 0.316. The molecule has 0 aliphatic heterocycles. The molecule has 0 saturated carbocycles. The van der Waals surface area contributed by atoms with Crippen LogP contribution in [-0.4, -0.2) is 6.03 Å². The van der Waals surface area contributed by atoms with E-state index in [2.05, 4.69) is 50.5 Å². The fourth-order valence-corrected chi connectivity index (χ4v) is 2.86. The van der Waals surface area contributed by atoms with Gasteiger partial charge in [-0.1, -0.05) is 29.8 Å². The van der Waals surface area contributed by atoms with Gasteiger partial charge >= 0.3 is 6.03 Å². The van der Waals surface area contributed by atoms with E-state index >= 15 is 0 Å². The Kier molecular flexibility index (Phi) is 5.40. The minimum Gasteiger partial charge on any atom is -0.351 e. The normalized spacial score (nSPS) is 12.0. The number of carbonyl (C=O) groups excluding carboxylic acids is 1. The molecule has 0 fully saturated rings. The molecular formula is C19H25N3O. The van der Waals surface area contributed by atoms with Gasteiger partial charge in [0.15, 0.2) is 0 Å². The molecule has 0 spiro atoms. The van der Waals surface area contributed by atoms with Gasteiger partial charge in [-0.2, -0.15) is 0 Å². The lowest BCUT2D eigenvalue weighted by Crippen LogP contribution is -2.20. The number of benzene rings is 2. The van der Waals surface area contributed by atoms with Crippen molar-refractivity contribution in [1.82, 2.24) is 5.32 Å². The molecule has 2 amide bonds. The average molecular weight is 311 g/mol. The first-order chi connectivity index (χ1) is 10.9. The molecule has 0 aromatic heterocycles. The molecule has 0 heterocycles. The molecule has 23 heavy (non-hydrogen) atoms. The van der Waals surface area contributed by atoms with Crippen LogP contribution in [0.15, 0.2) is 36.4 Å². The second kappa shape index (κ2) is 7.29. The van der Waals surface area contributed by atoms with E-state index in [-0.39, 0.29) is 6.04 Å². The van der Waals surface area contributed by atoms with E-state index in [1.807, 2.05) is 24.3 Å². The summed E-state index contributed by atoms with van der Waals surface area (Å²) in [6.07, 6.45) is 0. The predicted octanol–water partition coefficient (Wildman–Crippen LogP) is 3.95. The van der Waals surface area contributed by atoms with Crippen LogP contribution in [0.3, 0.4) is 0 Å². The zero-order valence-corrected chi connectivity index (χ0v) is 14.2. The number of nitrogens with one attached hydrogen (secondary N) is 2. The summed E-state index contributed by atoms with van der Waals surface area (Å²) < 4.78 is 0. The van der Waals surface area contributed by atoms with E-state index in [9.17, 15) is 4.79 Å². The number of carbonyl (C=O) groups is 1. The number of urea groups is 1. The summed E-state index contributed by atoms with van der Waals surface area (Å²) in [5.41, 5.74) is 12.3. The molecule has 0 radical (unpaired) electrons. The summed E-state index contributed by atoms with van der Waals surface area (Å²) in [7, 11) is 0. The van der Waals surface area contributed by atoms with Crippen molar-refractivity contribution in [3.63, 3.8) is 0 Å². The Morgan fingerprint density at radius 3 is 2.17 bits per heavy atom. The highest BCUT2D eigenvalue weighted by molar-refractivity contribution is 5.87. The summed E-state index contributed by atoms with van der Waals surface area (Å²) in [6, 6.07) is 11.8. The van der Waals surface area contributed by atoms with Crippen molar-refractivity contribution in [2.75, 3.05) is 5.32 Å². The number of hydrogen-bond donors (Lipinski definition) is 3. The first kappa shape index (κ1) is 17.0. The third kappa shape index (κ3) is 4.57. The number of aryl methyl sites for hydroxylation is 3. The molecule has 0 bridgehead atoms. The number of rotatable bonds is 5. The number of amides is 2. The maximum absolute atomic E-state index is 10.8. The van der Waals surface area contributed by atoms with E-state index < -0.39 is 6.03 Å². The molecule has 1 atom stereocenters. The van der Waals surface area contributed by atoms with Crippen LogP contribution in [0.4, 0.5) is 10.5 Å². The zero-order valence-electron chi connectivity index (χ0n) is 14.2. The highest BCUT2D eigenvalue weighted by atomic mass is 16.2. The number of anilines is 1. The Hall–Kier alpha value is -2.33.